The number of benzene rings is 1. The van der Waals surface area contributed by atoms with Crippen LogP contribution in [0.3, 0.4) is 0 Å². The van der Waals surface area contributed by atoms with Crippen molar-refractivity contribution < 1.29 is 9.90 Å². The summed E-state index contributed by atoms with van der Waals surface area (Å²) in [5.74, 6) is -0.835. The Hall–Kier alpha value is -1.35. The van der Waals surface area contributed by atoms with E-state index in [1.54, 1.807) is 12.1 Å². The van der Waals surface area contributed by atoms with Gasteiger partial charge in [-0.05, 0) is 31.0 Å². The third kappa shape index (κ3) is 2.18. The maximum absolute atomic E-state index is 11.0. The summed E-state index contributed by atoms with van der Waals surface area (Å²) in [5, 5.41) is 12.4. The normalized spacial score (nSPS) is 21.2. The summed E-state index contributed by atoms with van der Waals surface area (Å²) in [6.07, 6.45) is 3.39. The number of carboxylic acid groups (broad SMARTS) is 1. The van der Waals surface area contributed by atoms with Gasteiger partial charge in [0, 0.05) is 6.04 Å². The molecule has 1 saturated heterocycles. The van der Waals surface area contributed by atoms with Gasteiger partial charge in [0.1, 0.15) is 0 Å². The van der Waals surface area contributed by atoms with E-state index in [-0.39, 0.29) is 6.04 Å². The van der Waals surface area contributed by atoms with Crippen molar-refractivity contribution in [3.05, 3.63) is 35.4 Å². The van der Waals surface area contributed by atoms with Gasteiger partial charge < -0.3 is 10.4 Å². The standard InChI is InChI=1S/C12H15NO2/c14-12(15)10-6-2-1-5-9(10)11-7-3-4-8-13-11/h1-2,5-6,11,13H,3-4,7-8H2,(H,14,15). The first-order chi connectivity index (χ1) is 7.29. The van der Waals surface area contributed by atoms with E-state index in [2.05, 4.69) is 5.32 Å². The Morgan fingerprint density at radius 3 is 2.80 bits per heavy atom. The molecule has 1 aliphatic heterocycles. The van der Waals surface area contributed by atoms with E-state index in [1.165, 1.54) is 12.8 Å². The Morgan fingerprint density at radius 1 is 1.33 bits per heavy atom. The quantitative estimate of drug-likeness (QED) is 0.778. The Labute approximate surface area is 89.1 Å². The summed E-state index contributed by atoms with van der Waals surface area (Å²) in [7, 11) is 0. The maximum Gasteiger partial charge on any atom is 0.336 e. The first kappa shape index (κ1) is 10.2. The average molecular weight is 205 g/mol. The van der Waals surface area contributed by atoms with Gasteiger partial charge in [-0.15, -0.1) is 0 Å². The fourth-order valence-corrected chi connectivity index (χ4v) is 2.11. The van der Waals surface area contributed by atoms with E-state index in [0.29, 0.717) is 5.56 Å². The second-order valence-electron chi connectivity index (χ2n) is 3.89. The van der Waals surface area contributed by atoms with Crippen LogP contribution in [0.1, 0.15) is 41.2 Å². The van der Waals surface area contributed by atoms with Crippen LogP contribution in [-0.2, 0) is 0 Å². The number of carboxylic acids is 1. The van der Waals surface area contributed by atoms with E-state index < -0.39 is 5.97 Å². The molecule has 0 amide bonds. The molecule has 80 valence electrons. The van der Waals surface area contributed by atoms with E-state index in [9.17, 15) is 4.79 Å². The van der Waals surface area contributed by atoms with Gasteiger partial charge in [0.05, 0.1) is 5.56 Å². The topological polar surface area (TPSA) is 49.3 Å². The molecule has 1 unspecified atom stereocenters. The number of carbonyl (C=O) groups is 1. The molecule has 1 heterocycles. The van der Waals surface area contributed by atoms with Crippen LogP contribution >= 0.6 is 0 Å². The first-order valence-electron chi connectivity index (χ1n) is 5.34. The minimum atomic E-state index is -0.835. The SMILES string of the molecule is O=C(O)c1ccccc1C1CCCCN1. The molecule has 0 radical (unpaired) electrons. The molecule has 0 bridgehead atoms. The highest BCUT2D eigenvalue weighted by molar-refractivity contribution is 5.89. The molecule has 3 nitrogen and oxygen atoms in total. The predicted octanol–water partition coefficient (Wildman–Crippen LogP) is 2.20. The van der Waals surface area contributed by atoms with Crippen molar-refractivity contribution in [2.45, 2.75) is 25.3 Å². The maximum atomic E-state index is 11.0. The van der Waals surface area contributed by atoms with Crippen LogP contribution in [0.4, 0.5) is 0 Å². The zero-order chi connectivity index (χ0) is 10.7. The number of hydrogen-bond acceptors (Lipinski definition) is 2. The average Bonchev–Trinajstić information content (AvgIpc) is 2.30. The molecule has 0 saturated carbocycles. The molecule has 1 fully saturated rings. The van der Waals surface area contributed by atoms with Crippen LogP contribution < -0.4 is 5.32 Å². The van der Waals surface area contributed by atoms with Crippen molar-refractivity contribution in [2.24, 2.45) is 0 Å². The molecule has 3 heteroatoms. The van der Waals surface area contributed by atoms with Crippen molar-refractivity contribution in [3.63, 3.8) is 0 Å². The molecule has 2 rings (SSSR count). The zero-order valence-corrected chi connectivity index (χ0v) is 8.57. The Bertz CT molecular complexity index is 356. The second-order valence-corrected chi connectivity index (χ2v) is 3.89. The van der Waals surface area contributed by atoms with Crippen molar-refractivity contribution >= 4 is 5.97 Å². The second kappa shape index (κ2) is 4.45. The monoisotopic (exact) mass is 205 g/mol. The third-order valence-electron chi connectivity index (χ3n) is 2.88. The summed E-state index contributed by atoms with van der Waals surface area (Å²) in [6.45, 7) is 0.985. The fourth-order valence-electron chi connectivity index (χ4n) is 2.11. The Morgan fingerprint density at radius 2 is 2.13 bits per heavy atom. The smallest absolute Gasteiger partial charge is 0.336 e. The lowest BCUT2D eigenvalue weighted by atomic mass is 9.94. The van der Waals surface area contributed by atoms with Crippen LogP contribution in [0.15, 0.2) is 24.3 Å². The predicted molar refractivity (Wildman–Crippen MR) is 58.0 cm³/mol. The molecule has 0 spiro atoms. The molecule has 15 heavy (non-hydrogen) atoms. The minimum Gasteiger partial charge on any atom is -0.478 e. The molecule has 1 aromatic carbocycles. The number of piperidine rings is 1. The number of hydrogen-bond donors (Lipinski definition) is 2. The summed E-state index contributed by atoms with van der Waals surface area (Å²) >= 11 is 0. The lowest BCUT2D eigenvalue weighted by Gasteiger charge is -2.24. The molecular weight excluding hydrogens is 190 g/mol. The van der Waals surface area contributed by atoms with Gasteiger partial charge in [-0.1, -0.05) is 24.6 Å². The summed E-state index contributed by atoms with van der Waals surface area (Å²) in [6, 6.07) is 7.47. The lowest BCUT2D eigenvalue weighted by Crippen LogP contribution is -2.28. The van der Waals surface area contributed by atoms with Crippen molar-refractivity contribution in [1.29, 1.82) is 0 Å². The number of rotatable bonds is 2. The summed E-state index contributed by atoms with van der Waals surface area (Å²) < 4.78 is 0. The molecule has 2 N–H and O–H groups in total. The van der Waals surface area contributed by atoms with Crippen LogP contribution in [0.2, 0.25) is 0 Å². The van der Waals surface area contributed by atoms with Gasteiger partial charge in [0.2, 0.25) is 0 Å². The number of aromatic carboxylic acids is 1. The first-order valence-corrected chi connectivity index (χ1v) is 5.34. The van der Waals surface area contributed by atoms with Crippen LogP contribution in [-0.4, -0.2) is 17.6 Å². The summed E-state index contributed by atoms with van der Waals surface area (Å²) in [4.78, 5) is 11.0. The van der Waals surface area contributed by atoms with Crippen LogP contribution in [0.25, 0.3) is 0 Å². The molecular formula is C12H15NO2. The van der Waals surface area contributed by atoms with Gasteiger partial charge in [-0.3, -0.25) is 0 Å². The number of nitrogens with one attached hydrogen (secondary N) is 1. The molecule has 1 aromatic rings. The molecule has 1 atom stereocenters. The van der Waals surface area contributed by atoms with Gasteiger partial charge in [0.25, 0.3) is 0 Å². The highest BCUT2D eigenvalue weighted by atomic mass is 16.4. The Kier molecular flexibility index (Phi) is 3.02. The van der Waals surface area contributed by atoms with Crippen LogP contribution in [0, 0.1) is 0 Å². The minimum absolute atomic E-state index is 0.214. The van der Waals surface area contributed by atoms with Gasteiger partial charge in [-0.2, -0.15) is 0 Å². The van der Waals surface area contributed by atoms with Crippen LogP contribution in [0.5, 0.6) is 0 Å². The van der Waals surface area contributed by atoms with E-state index in [1.807, 2.05) is 12.1 Å². The zero-order valence-electron chi connectivity index (χ0n) is 8.57. The van der Waals surface area contributed by atoms with Crippen molar-refractivity contribution in [3.8, 4) is 0 Å². The lowest BCUT2D eigenvalue weighted by molar-refractivity contribution is 0.0694. The van der Waals surface area contributed by atoms with Crippen molar-refractivity contribution in [1.82, 2.24) is 5.32 Å². The van der Waals surface area contributed by atoms with E-state index >= 15 is 0 Å². The fraction of sp³-hybridized carbons (Fsp3) is 0.417. The highest BCUT2D eigenvalue weighted by Gasteiger charge is 2.19. The highest BCUT2D eigenvalue weighted by Crippen LogP contribution is 2.25. The molecule has 0 aliphatic carbocycles. The van der Waals surface area contributed by atoms with Crippen molar-refractivity contribution in [2.75, 3.05) is 6.54 Å². The van der Waals surface area contributed by atoms with E-state index in [0.717, 1.165) is 18.5 Å². The van der Waals surface area contributed by atoms with Gasteiger partial charge in [0.15, 0.2) is 0 Å². The van der Waals surface area contributed by atoms with Gasteiger partial charge >= 0.3 is 5.97 Å². The van der Waals surface area contributed by atoms with Gasteiger partial charge in [-0.25, -0.2) is 4.79 Å². The van der Waals surface area contributed by atoms with E-state index in [4.69, 9.17) is 5.11 Å². The summed E-state index contributed by atoms with van der Waals surface area (Å²) in [5.41, 5.74) is 1.35. The molecule has 0 aromatic heterocycles. The third-order valence-corrected chi connectivity index (χ3v) is 2.88. The Balaban J connectivity index is 2.29. The largest absolute Gasteiger partial charge is 0.478 e. The molecule has 1 aliphatic rings.